The molecular formula is C15H24ClN5O. The summed E-state index contributed by atoms with van der Waals surface area (Å²) in [5.41, 5.74) is 7.05. The number of imidazole rings is 1. The van der Waals surface area contributed by atoms with E-state index in [1.54, 1.807) is 6.33 Å². The third kappa shape index (κ3) is 4.08. The molecular weight excluding hydrogens is 302 g/mol. The van der Waals surface area contributed by atoms with Gasteiger partial charge >= 0.3 is 0 Å². The lowest BCUT2D eigenvalue weighted by atomic mass is 10.0. The van der Waals surface area contributed by atoms with Crippen molar-refractivity contribution in [2.75, 3.05) is 12.3 Å². The van der Waals surface area contributed by atoms with Crippen molar-refractivity contribution in [3.8, 4) is 0 Å². The maximum atomic E-state index is 9.34. The molecule has 2 aromatic rings. The van der Waals surface area contributed by atoms with Crippen LogP contribution in [0.5, 0.6) is 0 Å². The van der Waals surface area contributed by atoms with Crippen molar-refractivity contribution in [1.82, 2.24) is 19.5 Å². The normalized spacial score (nSPS) is 12.9. The molecule has 0 aliphatic carbocycles. The Morgan fingerprint density at radius 1 is 1.23 bits per heavy atom. The lowest BCUT2D eigenvalue weighted by Crippen LogP contribution is -2.11. The van der Waals surface area contributed by atoms with Crippen LogP contribution in [0.2, 0.25) is 5.28 Å². The Labute approximate surface area is 135 Å². The number of aliphatic hydroxyl groups is 1. The number of hydrogen-bond acceptors (Lipinski definition) is 5. The summed E-state index contributed by atoms with van der Waals surface area (Å²) in [7, 11) is 0. The molecule has 0 aliphatic heterocycles. The molecule has 2 rings (SSSR count). The molecule has 0 bridgehead atoms. The topological polar surface area (TPSA) is 89.8 Å². The van der Waals surface area contributed by atoms with Crippen molar-refractivity contribution in [2.24, 2.45) is 0 Å². The van der Waals surface area contributed by atoms with Crippen LogP contribution in [0.15, 0.2) is 6.33 Å². The minimum Gasteiger partial charge on any atom is -0.396 e. The minimum absolute atomic E-state index is 0.123. The fraction of sp³-hybridized carbons (Fsp3) is 0.667. The zero-order valence-electron chi connectivity index (χ0n) is 13.0. The maximum absolute atomic E-state index is 9.34. The molecule has 0 aromatic carbocycles. The predicted molar refractivity (Wildman–Crippen MR) is 88.9 cm³/mol. The largest absolute Gasteiger partial charge is 0.396 e. The van der Waals surface area contributed by atoms with E-state index in [0.29, 0.717) is 23.4 Å². The minimum atomic E-state index is 0.123. The van der Waals surface area contributed by atoms with Gasteiger partial charge in [-0.1, -0.05) is 39.0 Å². The van der Waals surface area contributed by atoms with Gasteiger partial charge in [-0.3, -0.25) is 0 Å². The lowest BCUT2D eigenvalue weighted by Gasteiger charge is -2.18. The molecule has 22 heavy (non-hydrogen) atoms. The van der Waals surface area contributed by atoms with Crippen LogP contribution in [0.1, 0.15) is 57.9 Å². The number of nitrogens with zero attached hydrogens (tertiary/aromatic N) is 4. The Bertz CT molecular complexity index is 601. The quantitative estimate of drug-likeness (QED) is 0.545. The van der Waals surface area contributed by atoms with Gasteiger partial charge in [-0.05, 0) is 24.4 Å². The second-order valence-electron chi connectivity index (χ2n) is 5.57. The predicted octanol–water partition coefficient (Wildman–Crippen LogP) is 3.35. The smallest absolute Gasteiger partial charge is 0.226 e. The molecule has 0 aliphatic rings. The van der Waals surface area contributed by atoms with E-state index < -0.39 is 0 Å². The zero-order valence-corrected chi connectivity index (χ0v) is 13.8. The number of aliphatic hydroxyl groups excluding tert-OH is 1. The van der Waals surface area contributed by atoms with Crippen LogP contribution in [0.25, 0.3) is 11.2 Å². The van der Waals surface area contributed by atoms with Crippen molar-refractivity contribution in [3.63, 3.8) is 0 Å². The SMILES string of the molecule is CCCCCCCC(CCO)n1cnc2c(N)nc(Cl)nc21. The Morgan fingerprint density at radius 3 is 2.73 bits per heavy atom. The van der Waals surface area contributed by atoms with E-state index in [1.165, 1.54) is 25.7 Å². The van der Waals surface area contributed by atoms with Crippen molar-refractivity contribution in [1.29, 1.82) is 0 Å². The first-order valence-corrected chi connectivity index (χ1v) is 8.31. The van der Waals surface area contributed by atoms with Crippen molar-refractivity contribution >= 4 is 28.6 Å². The van der Waals surface area contributed by atoms with Gasteiger partial charge in [0.05, 0.1) is 6.33 Å². The van der Waals surface area contributed by atoms with Gasteiger partial charge in [-0.15, -0.1) is 0 Å². The molecule has 3 N–H and O–H groups in total. The van der Waals surface area contributed by atoms with Crippen molar-refractivity contribution in [2.45, 2.75) is 57.9 Å². The Morgan fingerprint density at radius 2 is 2.00 bits per heavy atom. The second-order valence-corrected chi connectivity index (χ2v) is 5.91. The number of aromatic nitrogens is 4. The van der Waals surface area contributed by atoms with E-state index in [-0.39, 0.29) is 17.9 Å². The molecule has 0 fully saturated rings. The molecule has 0 spiro atoms. The van der Waals surface area contributed by atoms with Gasteiger partial charge < -0.3 is 15.4 Å². The van der Waals surface area contributed by atoms with E-state index >= 15 is 0 Å². The highest BCUT2D eigenvalue weighted by atomic mass is 35.5. The lowest BCUT2D eigenvalue weighted by molar-refractivity contribution is 0.251. The highest BCUT2D eigenvalue weighted by molar-refractivity contribution is 6.28. The van der Waals surface area contributed by atoms with Crippen LogP contribution < -0.4 is 5.73 Å². The monoisotopic (exact) mass is 325 g/mol. The van der Waals surface area contributed by atoms with E-state index in [9.17, 15) is 5.11 Å². The summed E-state index contributed by atoms with van der Waals surface area (Å²) in [5.74, 6) is 0.291. The van der Waals surface area contributed by atoms with E-state index in [0.717, 1.165) is 12.8 Å². The molecule has 7 heteroatoms. The molecule has 0 saturated carbocycles. The molecule has 1 atom stereocenters. The Balaban J connectivity index is 2.14. The number of unbranched alkanes of at least 4 members (excludes halogenated alkanes) is 4. The first-order chi connectivity index (χ1) is 10.7. The van der Waals surface area contributed by atoms with Crippen LogP contribution >= 0.6 is 11.6 Å². The summed E-state index contributed by atoms with van der Waals surface area (Å²) in [6.07, 6.45) is 9.47. The number of nitrogen functional groups attached to an aromatic ring is 1. The molecule has 2 aromatic heterocycles. The summed E-state index contributed by atoms with van der Waals surface area (Å²) in [6.45, 7) is 2.34. The number of fused-ring (bicyclic) bond motifs is 1. The van der Waals surface area contributed by atoms with E-state index in [4.69, 9.17) is 17.3 Å². The first-order valence-electron chi connectivity index (χ1n) is 7.93. The summed E-state index contributed by atoms with van der Waals surface area (Å²) in [5, 5.41) is 9.46. The number of rotatable bonds is 9. The zero-order chi connectivity index (χ0) is 15.9. The van der Waals surface area contributed by atoms with Crippen molar-refractivity contribution < 1.29 is 5.11 Å². The highest BCUT2D eigenvalue weighted by Crippen LogP contribution is 2.26. The molecule has 6 nitrogen and oxygen atoms in total. The molecule has 0 saturated heterocycles. The van der Waals surface area contributed by atoms with Crippen LogP contribution in [0, 0.1) is 0 Å². The summed E-state index contributed by atoms with van der Waals surface area (Å²) in [6, 6.07) is 0.155. The highest BCUT2D eigenvalue weighted by Gasteiger charge is 2.17. The molecule has 0 amide bonds. The average Bonchev–Trinajstić information content (AvgIpc) is 2.90. The first kappa shape index (κ1) is 17.0. The van der Waals surface area contributed by atoms with Crippen molar-refractivity contribution in [3.05, 3.63) is 11.6 Å². The summed E-state index contributed by atoms with van der Waals surface area (Å²) in [4.78, 5) is 12.5. The molecule has 0 radical (unpaired) electrons. The van der Waals surface area contributed by atoms with Gasteiger partial charge in [0, 0.05) is 12.6 Å². The van der Waals surface area contributed by atoms with Gasteiger partial charge in [0.1, 0.15) is 5.52 Å². The number of anilines is 1. The molecule has 122 valence electrons. The van der Waals surface area contributed by atoms with Gasteiger partial charge in [-0.2, -0.15) is 9.97 Å². The molecule has 1 unspecified atom stereocenters. The molecule has 2 heterocycles. The van der Waals surface area contributed by atoms with E-state index in [1.807, 2.05) is 4.57 Å². The fourth-order valence-electron chi connectivity index (χ4n) is 2.73. The average molecular weight is 326 g/mol. The Kier molecular flexibility index (Phi) is 6.39. The van der Waals surface area contributed by atoms with E-state index in [2.05, 4.69) is 21.9 Å². The van der Waals surface area contributed by atoms with Gasteiger partial charge in [0.25, 0.3) is 0 Å². The number of hydrogen-bond donors (Lipinski definition) is 2. The fourth-order valence-corrected chi connectivity index (χ4v) is 2.90. The van der Waals surface area contributed by atoms with Gasteiger partial charge in [-0.25, -0.2) is 4.98 Å². The van der Waals surface area contributed by atoms with Crippen LogP contribution in [0.4, 0.5) is 5.82 Å². The third-order valence-corrected chi connectivity index (χ3v) is 4.09. The maximum Gasteiger partial charge on any atom is 0.226 e. The standard InChI is InChI=1S/C15H24ClN5O/c1-2-3-4-5-6-7-11(8-9-22)21-10-18-12-13(17)19-15(16)20-14(12)21/h10-11,22H,2-9H2,1H3,(H2,17,19,20). The number of nitrogens with two attached hydrogens (primary N) is 1. The Hall–Kier alpha value is -1.40. The summed E-state index contributed by atoms with van der Waals surface area (Å²) < 4.78 is 1.97. The third-order valence-electron chi connectivity index (χ3n) is 3.92. The van der Waals surface area contributed by atoms with Gasteiger partial charge in [0.2, 0.25) is 5.28 Å². The van der Waals surface area contributed by atoms with Crippen LogP contribution in [0.3, 0.4) is 0 Å². The summed E-state index contributed by atoms with van der Waals surface area (Å²) >= 11 is 5.90. The van der Waals surface area contributed by atoms with Gasteiger partial charge in [0.15, 0.2) is 11.5 Å². The van der Waals surface area contributed by atoms with Crippen LogP contribution in [-0.4, -0.2) is 31.2 Å². The number of halogens is 1. The second kappa shape index (κ2) is 8.29. The van der Waals surface area contributed by atoms with Crippen LogP contribution in [-0.2, 0) is 0 Å².